The van der Waals surface area contributed by atoms with Gasteiger partial charge in [0.15, 0.2) is 0 Å². The Labute approximate surface area is 79.8 Å². The summed E-state index contributed by atoms with van der Waals surface area (Å²) in [5.74, 6) is -1.41. The number of alkyl halides is 3. The number of rotatable bonds is 0. The molecule has 6 heteroatoms. The van der Waals surface area contributed by atoms with E-state index in [0.717, 1.165) is 4.90 Å². The Kier molecular flexibility index (Phi) is 3.23. The Hall–Kier alpha value is -0.940. The van der Waals surface area contributed by atoms with Crippen LogP contribution in [0.15, 0.2) is 0 Å². The Morgan fingerprint density at radius 1 is 1.50 bits per heavy atom. The Balaban J connectivity index is 2.56. The minimum absolute atomic E-state index is 0.0942. The molecule has 1 aliphatic heterocycles. The number of piperidine rings is 1. The number of halogens is 3. The first-order chi connectivity index (χ1) is 6.45. The summed E-state index contributed by atoms with van der Waals surface area (Å²) in [4.78, 5) is 12.1. The lowest BCUT2D eigenvalue weighted by atomic mass is 9.98. The lowest BCUT2D eigenvalue weighted by molar-refractivity contribution is -0.184. The molecule has 0 bridgehead atoms. The van der Waals surface area contributed by atoms with Gasteiger partial charge in [-0.3, -0.25) is 0 Å². The van der Waals surface area contributed by atoms with Crippen LogP contribution in [0.1, 0.15) is 12.8 Å². The topological polar surface area (TPSA) is 29.5 Å². The van der Waals surface area contributed by atoms with Crippen molar-refractivity contribution >= 4 is 6.09 Å². The van der Waals surface area contributed by atoms with E-state index in [4.69, 9.17) is 0 Å². The summed E-state index contributed by atoms with van der Waals surface area (Å²) in [5, 5.41) is 0. The molecule has 1 fully saturated rings. The van der Waals surface area contributed by atoms with Crippen LogP contribution in [-0.4, -0.2) is 37.4 Å². The maximum atomic E-state index is 12.3. The van der Waals surface area contributed by atoms with Crippen LogP contribution in [0.4, 0.5) is 18.0 Å². The van der Waals surface area contributed by atoms with Gasteiger partial charge in [-0.05, 0) is 12.8 Å². The normalized spacial score (nSPS) is 23.4. The Morgan fingerprint density at radius 2 is 2.14 bits per heavy atom. The third-order valence-electron chi connectivity index (χ3n) is 2.32. The largest absolute Gasteiger partial charge is 0.453 e. The second-order valence-corrected chi connectivity index (χ2v) is 3.30. The first kappa shape index (κ1) is 11.1. The summed E-state index contributed by atoms with van der Waals surface area (Å²) in [6.45, 7) is 0.0649. The van der Waals surface area contributed by atoms with Crippen LogP contribution in [0.2, 0.25) is 0 Å². The van der Waals surface area contributed by atoms with Crippen molar-refractivity contribution < 1.29 is 22.7 Å². The van der Waals surface area contributed by atoms with Crippen LogP contribution in [0, 0.1) is 5.92 Å². The highest BCUT2D eigenvalue weighted by atomic mass is 19.4. The molecular weight excluding hydrogens is 199 g/mol. The van der Waals surface area contributed by atoms with Gasteiger partial charge in [0.25, 0.3) is 0 Å². The van der Waals surface area contributed by atoms with Gasteiger partial charge < -0.3 is 9.64 Å². The number of amides is 1. The van der Waals surface area contributed by atoms with Gasteiger partial charge in [-0.1, -0.05) is 0 Å². The zero-order valence-electron chi connectivity index (χ0n) is 7.80. The standard InChI is InChI=1S/C8H12F3NO2/c1-14-7(13)12-4-2-3-6(5-12)8(9,10)11/h6H,2-5H2,1H3. The molecule has 1 rings (SSSR count). The van der Waals surface area contributed by atoms with Crippen molar-refractivity contribution in [3.63, 3.8) is 0 Å². The van der Waals surface area contributed by atoms with Crippen molar-refractivity contribution in [1.82, 2.24) is 4.90 Å². The fraction of sp³-hybridized carbons (Fsp3) is 0.875. The Morgan fingerprint density at radius 3 is 2.64 bits per heavy atom. The fourth-order valence-electron chi connectivity index (χ4n) is 1.54. The number of ether oxygens (including phenoxy) is 1. The molecule has 0 saturated carbocycles. The highest BCUT2D eigenvalue weighted by Gasteiger charge is 2.42. The van der Waals surface area contributed by atoms with Crippen LogP contribution in [0.25, 0.3) is 0 Å². The summed E-state index contributed by atoms with van der Waals surface area (Å²) in [7, 11) is 1.17. The molecule has 0 aliphatic carbocycles. The van der Waals surface area contributed by atoms with E-state index in [1.165, 1.54) is 7.11 Å². The molecule has 0 aromatic heterocycles. The molecule has 14 heavy (non-hydrogen) atoms. The lowest BCUT2D eigenvalue weighted by Crippen LogP contribution is -2.44. The predicted molar refractivity (Wildman–Crippen MR) is 42.8 cm³/mol. The van der Waals surface area contributed by atoms with Crippen molar-refractivity contribution in [1.29, 1.82) is 0 Å². The van der Waals surface area contributed by atoms with E-state index >= 15 is 0 Å². The average Bonchev–Trinajstić information content (AvgIpc) is 2.15. The van der Waals surface area contributed by atoms with Gasteiger partial charge in [-0.25, -0.2) is 4.79 Å². The van der Waals surface area contributed by atoms with Crippen LogP contribution in [0.5, 0.6) is 0 Å². The molecule has 1 amide bonds. The summed E-state index contributed by atoms with van der Waals surface area (Å²) >= 11 is 0. The van der Waals surface area contributed by atoms with Gasteiger partial charge in [0, 0.05) is 13.1 Å². The van der Waals surface area contributed by atoms with Crippen molar-refractivity contribution in [2.45, 2.75) is 19.0 Å². The second-order valence-electron chi connectivity index (χ2n) is 3.30. The highest BCUT2D eigenvalue weighted by molar-refractivity contribution is 5.67. The molecule has 0 aromatic rings. The maximum absolute atomic E-state index is 12.3. The van der Waals surface area contributed by atoms with Crippen LogP contribution in [-0.2, 0) is 4.74 Å². The summed E-state index contributed by atoms with van der Waals surface area (Å²) in [6, 6.07) is 0. The van der Waals surface area contributed by atoms with Crippen LogP contribution < -0.4 is 0 Å². The van der Waals surface area contributed by atoms with Gasteiger partial charge in [0.1, 0.15) is 0 Å². The third-order valence-corrected chi connectivity index (χ3v) is 2.32. The van der Waals surface area contributed by atoms with Gasteiger partial charge in [-0.2, -0.15) is 13.2 Å². The number of hydrogen-bond donors (Lipinski definition) is 0. The van der Waals surface area contributed by atoms with E-state index in [9.17, 15) is 18.0 Å². The molecule has 3 nitrogen and oxygen atoms in total. The first-order valence-corrected chi connectivity index (χ1v) is 4.34. The minimum Gasteiger partial charge on any atom is -0.453 e. The average molecular weight is 211 g/mol. The molecule has 0 spiro atoms. The van der Waals surface area contributed by atoms with Gasteiger partial charge in [0.2, 0.25) is 0 Å². The zero-order valence-corrected chi connectivity index (χ0v) is 7.80. The molecule has 0 radical (unpaired) electrons. The van der Waals surface area contributed by atoms with E-state index in [-0.39, 0.29) is 13.0 Å². The van der Waals surface area contributed by atoms with E-state index in [1.807, 2.05) is 0 Å². The summed E-state index contributed by atoms with van der Waals surface area (Å²) < 4.78 is 41.3. The number of hydrogen-bond acceptors (Lipinski definition) is 2. The summed E-state index contributed by atoms with van der Waals surface area (Å²) in [6.07, 6.45) is -4.43. The van der Waals surface area contributed by atoms with E-state index in [2.05, 4.69) is 4.74 Å². The molecule has 0 aromatic carbocycles. The molecule has 0 N–H and O–H groups in total. The van der Waals surface area contributed by atoms with Crippen molar-refractivity contribution in [2.24, 2.45) is 5.92 Å². The molecule has 1 atom stereocenters. The monoisotopic (exact) mass is 211 g/mol. The molecule has 1 heterocycles. The molecule has 1 saturated heterocycles. The SMILES string of the molecule is COC(=O)N1CCCC(C(F)(F)F)C1. The third kappa shape index (κ3) is 2.52. The molecular formula is C8H12F3NO2. The van der Waals surface area contributed by atoms with E-state index in [0.29, 0.717) is 13.0 Å². The zero-order chi connectivity index (χ0) is 10.8. The highest BCUT2D eigenvalue weighted by Crippen LogP contribution is 2.33. The Bertz CT molecular complexity index is 217. The number of carbonyl (C=O) groups excluding carboxylic acids is 1. The summed E-state index contributed by atoms with van der Waals surface area (Å²) in [5.41, 5.74) is 0. The first-order valence-electron chi connectivity index (χ1n) is 4.34. The van der Waals surface area contributed by atoms with Gasteiger partial charge in [0.05, 0.1) is 13.0 Å². The van der Waals surface area contributed by atoms with E-state index in [1.54, 1.807) is 0 Å². The number of likely N-dealkylation sites (tertiary alicyclic amines) is 1. The van der Waals surface area contributed by atoms with Crippen molar-refractivity contribution in [2.75, 3.05) is 20.2 Å². The van der Waals surface area contributed by atoms with Gasteiger partial charge in [-0.15, -0.1) is 0 Å². The number of methoxy groups -OCH3 is 1. The fourth-order valence-corrected chi connectivity index (χ4v) is 1.54. The van der Waals surface area contributed by atoms with E-state index < -0.39 is 18.2 Å². The van der Waals surface area contributed by atoms with Crippen LogP contribution in [0.3, 0.4) is 0 Å². The predicted octanol–water partition coefficient (Wildman–Crippen LogP) is 2.03. The maximum Gasteiger partial charge on any atom is 0.409 e. The van der Waals surface area contributed by atoms with Crippen LogP contribution >= 0.6 is 0 Å². The van der Waals surface area contributed by atoms with Crippen molar-refractivity contribution in [3.05, 3.63) is 0 Å². The second kappa shape index (κ2) is 4.06. The molecule has 1 unspecified atom stereocenters. The lowest BCUT2D eigenvalue weighted by Gasteiger charge is -2.32. The number of carbonyl (C=O) groups is 1. The van der Waals surface area contributed by atoms with Gasteiger partial charge >= 0.3 is 12.3 Å². The quantitative estimate of drug-likeness (QED) is 0.613. The minimum atomic E-state index is -4.22. The van der Waals surface area contributed by atoms with Crippen molar-refractivity contribution in [3.8, 4) is 0 Å². The smallest absolute Gasteiger partial charge is 0.409 e. The number of nitrogens with zero attached hydrogens (tertiary/aromatic N) is 1. The molecule has 1 aliphatic rings. The molecule has 82 valence electrons.